The first-order valence-electron chi connectivity index (χ1n) is 6.94. The average molecular weight is 351 g/mol. The minimum Gasteiger partial charge on any atom is -0.370 e. The normalized spacial score (nSPS) is 13.9. The fraction of sp³-hybridized carbons (Fsp3) is 0.286. The van der Waals surface area contributed by atoms with E-state index in [-0.39, 0.29) is 5.96 Å². The third kappa shape index (κ3) is 3.02. The van der Waals surface area contributed by atoms with Crippen LogP contribution in [-0.2, 0) is 16.4 Å². The Hall–Kier alpha value is -2.13. The minimum atomic E-state index is -3.24. The number of hydrogen-bond donors (Lipinski definition) is 2. The summed E-state index contributed by atoms with van der Waals surface area (Å²) in [7, 11) is -3.24. The Bertz CT molecular complexity index is 898. The first-order valence-corrected chi connectivity index (χ1v) is 9.60. The van der Waals surface area contributed by atoms with E-state index in [2.05, 4.69) is 9.98 Å². The number of nitrogens with zero attached hydrogens (tertiary/aromatic N) is 3. The van der Waals surface area contributed by atoms with Crippen molar-refractivity contribution in [2.75, 3.05) is 17.1 Å². The number of benzene rings is 1. The van der Waals surface area contributed by atoms with Crippen molar-refractivity contribution >= 4 is 38.1 Å². The number of aliphatic imine (C=N–C) groups is 1. The van der Waals surface area contributed by atoms with Crippen molar-refractivity contribution in [1.82, 2.24) is 4.98 Å². The molecule has 4 N–H and O–H groups in total. The summed E-state index contributed by atoms with van der Waals surface area (Å²) in [6.07, 6.45) is 1.92. The van der Waals surface area contributed by atoms with E-state index in [1.807, 2.05) is 25.1 Å². The number of aryl methyl sites for hydroxylation is 1. The third-order valence-electron chi connectivity index (χ3n) is 3.62. The molecule has 0 saturated carbocycles. The highest BCUT2D eigenvalue weighted by Gasteiger charge is 2.26. The molecule has 0 saturated heterocycles. The van der Waals surface area contributed by atoms with E-state index in [0.717, 1.165) is 27.4 Å². The first kappa shape index (κ1) is 15.8. The summed E-state index contributed by atoms with van der Waals surface area (Å²) in [5, 5.41) is 0.510. The summed E-state index contributed by atoms with van der Waals surface area (Å²) in [4.78, 5) is 9.43. The van der Waals surface area contributed by atoms with Gasteiger partial charge in [-0.3, -0.25) is 4.31 Å². The number of fused-ring (bicyclic) bond motifs is 1. The van der Waals surface area contributed by atoms with Gasteiger partial charge in [-0.05, 0) is 31.0 Å². The second-order valence-corrected chi connectivity index (χ2v) is 8.45. The Morgan fingerprint density at radius 2 is 2.13 bits per heavy atom. The number of rotatable bonds is 3. The zero-order chi connectivity index (χ0) is 16.8. The zero-order valence-corrected chi connectivity index (χ0v) is 14.4. The van der Waals surface area contributed by atoms with Gasteiger partial charge in [-0.1, -0.05) is 17.4 Å². The van der Waals surface area contributed by atoms with Crippen molar-refractivity contribution in [2.24, 2.45) is 16.5 Å². The lowest BCUT2D eigenvalue weighted by Crippen LogP contribution is -2.27. The summed E-state index contributed by atoms with van der Waals surface area (Å²) >= 11 is 1.41. The van der Waals surface area contributed by atoms with Crippen LogP contribution < -0.4 is 15.8 Å². The number of nitrogens with two attached hydrogens (primary N) is 2. The van der Waals surface area contributed by atoms with E-state index in [1.165, 1.54) is 21.9 Å². The molecule has 0 spiro atoms. The molecule has 9 heteroatoms. The molecule has 3 rings (SSSR count). The Morgan fingerprint density at radius 3 is 2.78 bits per heavy atom. The van der Waals surface area contributed by atoms with Gasteiger partial charge in [0.05, 0.1) is 17.6 Å². The Morgan fingerprint density at radius 1 is 1.39 bits per heavy atom. The maximum Gasteiger partial charge on any atom is 0.232 e. The molecule has 23 heavy (non-hydrogen) atoms. The number of hydrogen-bond acceptors (Lipinski definition) is 5. The fourth-order valence-electron chi connectivity index (χ4n) is 2.67. The highest BCUT2D eigenvalue weighted by atomic mass is 32.2. The van der Waals surface area contributed by atoms with Crippen LogP contribution in [0.3, 0.4) is 0 Å². The molecule has 0 unspecified atom stereocenters. The summed E-state index contributed by atoms with van der Waals surface area (Å²) in [5.74, 6) is -0.0250. The van der Waals surface area contributed by atoms with E-state index in [4.69, 9.17) is 11.5 Å². The maximum absolute atomic E-state index is 11.8. The van der Waals surface area contributed by atoms with E-state index < -0.39 is 10.0 Å². The van der Waals surface area contributed by atoms with Crippen molar-refractivity contribution in [1.29, 1.82) is 0 Å². The smallest absolute Gasteiger partial charge is 0.232 e. The molecule has 1 aliphatic heterocycles. The molecule has 0 bridgehead atoms. The SMILES string of the molecule is Cc1sc(N=C(N)N)nc1-c1ccc2c(c1)CCN2S(C)(=O)=O. The van der Waals surface area contributed by atoms with E-state index in [0.29, 0.717) is 18.1 Å². The topological polar surface area (TPSA) is 115 Å². The lowest BCUT2D eigenvalue weighted by Gasteiger charge is -2.16. The highest BCUT2D eigenvalue weighted by molar-refractivity contribution is 7.92. The van der Waals surface area contributed by atoms with E-state index >= 15 is 0 Å². The van der Waals surface area contributed by atoms with Crippen LogP contribution in [0, 0.1) is 6.92 Å². The monoisotopic (exact) mass is 351 g/mol. The summed E-state index contributed by atoms with van der Waals surface area (Å²) < 4.78 is 25.0. The molecule has 0 amide bonds. The first-order chi connectivity index (χ1) is 10.8. The minimum absolute atomic E-state index is 0.0250. The van der Waals surface area contributed by atoms with Crippen LogP contribution in [0.2, 0.25) is 0 Å². The van der Waals surface area contributed by atoms with Gasteiger partial charge in [0.15, 0.2) is 5.96 Å². The standard InChI is InChI=1S/C14H17N5O2S2/c1-8-12(17-14(22-8)18-13(15)16)10-3-4-11-9(7-10)5-6-19(11)23(2,20)21/h3-4,7H,5-6H2,1-2H3,(H4,15,16,17,18). The van der Waals surface area contributed by atoms with E-state index in [9.17, 15) is 8.42 Å². The molecule has 1 aliphatic rings. The maximum atomic E-state index is 11.8. The van der Waals surface area contributed by atoms with Crippen LogP contribution in [0.15, 0.2) is 23.2 Å². The predicted molar refractivity (Wildman–Crippen MR) is 93.7 cm³/mol. The van der Waals surface area contributed by atoms with Gasteiger partial charge < -0.3 is 11.5 Å². The van der Waals surface area contributed by atoms with Crippen LogP contribution in [0.25, 0.3) is 11.3 Å². The van der Waals surface area contributed by atoms with Crippen LogP contribution in [-0.4, -0.2) is 32.2 Å². The van der Waals surface area contributed by atoms with Crippen LogP contribution in [0.4, 0.5) is 10.8 Å². The lowest BCUT2D eigenvalue weighted by atomic mass is 10.1. The second-order valence-electron chi connectivity index (χ2n) is 5.37. The lowest BCUT2D eigenvalue weighted by molar-refractivity contribution is 0.598. The summed E-state index contributed by atoms with van der Waals surface area (Å²) in [6, 6.07) is 5.70. The number of sulfonamides is 1. The molecule has 2 aromatic rings. The molecule has 0 radical (unpaired) electrons. The van der Waals surface area contributed by atoms with Crippen molar-refractivity contribution in [3.8, 4) is 11.3 Å². The second kappa shape index (κ2) is 5.50. The quantitative estimate of drug-likeness (QED) is 0.640. The fourth-order valence-corrected chi connectivity index (χ4v) is 4.45. The Kier molecular flexibility index (Phi) is 3.77. The number of thiazole rings is 1. The molecule has 2 heterocycles. The van der Waals surface area contributed by atoms with Crippen LogP contribution in [0.5, 0.6) is 0 Å². The van der Waals surface area contributed by atoms with Crippen molar-refractivity contribution < 1.29 is 8.42 Å². The van der Waals surface area contributed by atoms with Gasteiger partial charge in [0, 0.05) is 17.0 Å². The van der Waals surface area contributed by atoms with Gasteiger partial charge in [0.2, 0.25) is 15.2 Å². The number of aromatic nitrogens is 1. The van der Waals surface area contributed by atoms with Gasteiger partial charge in [-0.15, -0.1) is 0 Å². The molecule has 7 nitrogen and oxygen atoms in total. The van der Waals surface area contributed by atoms with Gasteiger partial charge in [-0.25, -0.2) is 13.4 Å². The average Bonchev–Trinajstić information content (AvgIpc) is 3.00. The third-order valence-corrected chi connectivity index (χ3v) is 5.66. The molecule has 1 aromatic carbocycles. The molecular weight excluding hydrogens is 334 g/mol. The van der Waals surface area contributed by atoms with Gasteiger partial charge in [-0.2, -0.15) is 4.99 Å². The van der Waals surface area contributed by atoms with Crippen molar-refractivity contribution in [3.05, 3.63) is 28.6 Å². The molecule has 0 fully saturated rings. The van der Waals surface area contributed by atoms with Gasteiger partial charge in [0.25, 0.3) is 0 Å². The summed E-state index contributed by atoms with van der Waals surface area (Å²) in [6.45, 7) is 2.43. The zero-order valence-electron chi connectivity index (χ0n) is 12.8. The number of anilines is 1. The molecule has 122 valence electrons. The van der Waals surface area contributed by atoms with Crippen molar-refractivity contribution in [2.45, 2.75) is 13.3 Å². The molecule has 1 aromatic heterocycles. The highest BCUT2D eigenvalue weighted by Crippen LogP contribution is 2.36. The Labute approximate surface area is 138 Å². The Balaban J connectivity index is 2.01. The number of guanidine groups is 1. The van der Waals surface area contributed by atoms with Crippen LogP contribution in [0.1, 0.15) is 10.4 Å². The largest absolute Gasteiger partial charge is 0.370 e. The van der Waals surface area contributed by atoms with Gasteiger partial charge >= 0.3 is 0 Å². The van der Waals surface area contributed by atoms with Gasteiger partial charge in [0.1, 0.15) is 0 Å². The van der Waals surface area contributed by atoms with E-state index in [1.54, 1.807) is 0 Å². The molecule has 0 atom stereocenters. The van der Waals surface area contributed by atoms with Crippen molar-refractivity contribution in [3.63, 3.8) is 0 Å². The summed E-state index contributed by atoms with van der Waals surface area (Å²) in [5.41, 5.74) is 14.3. The molecular formula is C14H17N5O2S2. The predicted octanol–water partition coefficient (Wildman–Crippen LogP) is 1.35. The van der Waals surface area contributed by atoms with Crippen LogP contribution >= 0.6 is 11.3 Å². The molecule has 0 aliphatic carbocycles.